The molecule has 0 saturated carbocycles. The Morgan fingerprint density at radius 3 is 2.50 bits per heavy atom. The van der Waals surface area contributed by atoms with Gasteiger partial charge in [0.1, 0.15) is 0 Å². The standard InChI is InChI=1S/C17H29N3/c1-5-10-20-11-8-15(9-12-20)18-17-7-6-16(19(3)4)13-14(17)2/h6-7,13,15,18H,5,8-12H2,1-4H3. The number of nitrogens with zero attached hydrogens (tertiary/aromatic N) is 2. The average Bonchev–Trinajstić information content (AvgIpc) is 2.43. The van der Waals surface area contributed by atoms with Crippen LogP contribution in [0.15, 0.2) is 18.2 Å². The Bertz CT molecular complexity index is 420. The topological polar surface area (TPSA) is 18.5 Å². The highest BCUT2D eigenvalue weighted by Crippen LogP contribution is 2.24. The molecule has 1 heterocycles. The Kier molecular flexibility index (Phi) is 5.30. The van der Waals surface area contributed by atoms with E-state index in [-0.39, 0.29) is 0 Å². The fraction of sp³-hybridized carbons (Fsp3) is 0.647. The maximum Gasteiger partial charge on any atom is 0.0373 e. The minimum atomic E-state index is 0.631. The molecule has 1 fully saturated rings. The lowest BCUT2D eigenvalue weighted by Crippen LogP contribution is -2.39. The molecule has 1 aliphatic heterocycles. The highest BCUT2D eigenvalue weighted by molar-refractivity contribution is 5.60. The molecule has 0 aromatic heterocycles. The molecule has 1 aliphatic rings. The van der Waals surface area contributed by atoms with E-state index in [0.717, 1.165) is 0 Å². The van der Waals surface area contributed by atoms with Crippen LogP contribution in [0, 0.1) is 6.92 Å². The maximum absolute atomic E-state index is 3.73. The van der Waals surface area contributed by atoms with Crippen LogP contribution in [0.4, 0.5) is 11.4 Å². The van der Waals surface area contributed by atoms with Crippen LogP contribution >= 0.6 is 0 Å². The van der Waals surface area contributed by atoms with E-state index < -0.39 is 0 Å². The van der Waals surface area contributed by atoms with Crippen LogP contribution in [-0.2, 0) is 0 Å². The molecule has 1 N–H and O–H groups in total. The first-order valence-corrected chi connectivity index (χ1v) is 7.87. The number of likely N-dealkylation sites (tertiary alicyclic amines) is 1. The molecule has 1 aromatic rings. The summed E-state index contributed by atoms with van der Waals surface area (Å²) in [5.74, 6) is 0. The van der Waals surface area contributed by atoms with Crippen molar-refractivity contribution in [2.24, 2.45) is 0 Å². The molecule has 0 spiro atoms. The highest BCUT2D eigenvalue weighted by atomic mass is 15.1. The first-order chi connectivity index (χ1) is 9.60. The van der Waals surface area contributed by atoms with Crippen molar-refractivity contribution in [1.82, 2.24) is 4.90 Å². The zero-order valence-electron chi connectivity index (χ0n) is 13.4. The summed E-state index contributed by atoms with van der Waals surface area (Å²) >= 11 is 0. The number of hydrogen-bond donors (Lipinski definition) is 1. The van der Waals surface area contributed by atoms with Crippen molar-refractivity contribution < 1.29 is 0 Å². The first-order valence-electron chi connectivity index (χ1n) is 7.87. The molecule has 2 rings (SSSR count). The second-order valence-corrected chi connectivity index (χ2v) is 6.15. The van der Waals surface area contributed by atoms with Crippen molar-refractivity contribution in [3.8, 4) is 0 Å². The van der Waals surface area contributed by atoms with E-state index in [1.54, 1.807) is 0 Å². The van der Waals surface area contributed by atoms with Crippen LogP contribution in [0.3, 0.4) is 0 Å². The van der Waals surface area contributed by atoms with Gasteiger partial charge in [-0.15, -0.1) is 0 Å². The van der Waals surface area contributed by atoms with Crippen molar-refractivity contribution >= 4 is 11.4 Å². The number of nitrogens with one attached hydrogen (secondary N) is 1. The van der Waals surface area contributed by atoms with E-state index in [2.05, 4.69) is 61.3 Å². The molecule has 0 aliphatic carbocycles. The average molecular weight is 275 g/mol. The largest absolute Gasteiger partial charge is 0.382 e. The van der Waals surface area contributed by atoms with Gasteiger partial charge in [0, 0.05) is 44.6 Å². The van der Waals surface area contributed by atoms with Crippen molar-refractivity contribution in [3.63, 3.8) is 0 Å². The number of piperidine rings is 1. The molecular formula is C17H29N3. The van der Waals surface area contributed by atoms with Crippen LogP contribution in [0.1, 0.15) is 31.7 Å². The van der Waals surface area contributed by atoms with E-state index in [9.17, 15) is 0 Å². The number of hydrogen-bond acceptors (Lipinski definition) is 3. The predicted octanol–water partition coefficient (Wildman–Crippen LogP) is 3.35. The summed E-state index contributed by atoms with van der Waals surface area (Å²) in [5, 5.41) is 3.73. The Labute approximate surface area is 124 Å². The summed E-state index contributed by atoms with van der Waals surface area (Å²) in [6, 6.07) is 7.31. The van der Waals surface area contributed by atoms with Crippen LogP contribution in [0.25, 0.3) is 0 Å². The zero-order chi connectivity index (χ0) is 14.5. The lowest BCUT2D eigenvalue weighted by atomic mass is 10.0. The molecule has 0 atom stereocenters. The van der Waals surface area contributed by atoms with Gasteiger partial charge in [-0.2, -0.15) is 0 Å². The zero-order valence-corrected chi connectivity index (χ0v) is 13.4. The lowest BCUT2D eigenvalue weighted by molar-refractivity contribution is 0.219. The Morgan fingerprint density at radius 1 is 1.25 bits per heavy atom. The minimum absolute atomic E-state index is 0.631. The van der Waals surface area contributed by atoms with Gasteiger partial charge in [0.25, 0.3) is 0 Å². The highest BCUT2D eigenvalue weighted by Gasteiger charge is 2.18. The van der Waals surface area contributed by atoms with Gasteiger partial charge < -0.3 is 15.1 Å². The molecule has 3 nitrogen and oxygen atoms in total. The molecule has 0 bridgehead atoms. The third kappa shape index (κ3) is 3.89. The van der Waals surface area contributed by atoms with Crippen LogP contribution in [0.5, 0.6) is 0 Å². The van der Waals surface area contributed by atoms with Crippen LogP contribution in [0.2, 0.25) is 0 Å². The summed E-state index contributed by atoms with van der Waals surface area (Å²) in [6.45, 7) is 8.19. The van der Waals surface area contributed by atoms with Gasteiger partial charge >= 0.3 is 0 Å². The van der Waals surface area contributed by atoms with Gasteiger partial charge in [-0.1, -0.05) is 6.92 Å². The Morgan fingerprint density at radius 2 is 1.95 bits per heavy atom. The molecule has 3 heteroatoms. The number of aryl methyl sites for hydroxylation is 1. The van der Waals surface area contributed by atoms with Gasteiger partial charge in [0.05, 0.1) is 0 Å². The minimum Gasteiger partial charge on any atom is -0.382 e. The number of benzene rings is 1. The van der Waals surface area contributed by atoms with Crippen LogP contribution < -0.4 is 10.2 Å². The van der Waals surface area contributed by atoms with Gasteiger partial charge in [-0.25, -0.2) is 0 Å². The summed E-state index contributed by atoms with van der Waals surface area (Å²) < 4.78 is 0. The Hall–Kier alpha value is -1.22. The first kappa shape index (κ1) is 15.2. The van der Waals surface area contributed by atoms with Gasteiger partial charge in [-0.05, 0) is 56.5 Å². The molecule has 1 saturated heterocycles. The molecule has 0 radical (unpaired) electrons. The third-order valence-corrected chi connectivity index (χ3v) is 4.21. The van der Waals surface area contributed by atoms with Crippen molar-refractivity contribution in [3.05, 3.63) is 23.8 Å². The van der Waals surface area contributed by atoms with E-state index in [1.807, 2.05) is 0 Å². The fourth-order valence-corrected chi connectivity index (χ4v) is 2.93. The maximum atomic E-state index is 3.73. The molecule has 0 unspecified atom stereocenters. The van der Waals surface area contributed by atoms with E-state index in [0.29, 0.717) is 6.04 Å². The van der Waals surface area contributed by atoms with E-state index in [4.69, 9.17) is 0 Å². The van der Waals surface area contributed by atoms with E-state index in [1.165, 1.54) is 55.8 Å². The van der Waals surface area contributed by atoms with Gasteiger partial charge in [0.15, 0.2) is 0 Å². The molecule has 0 amide bonds. The number of anilines is 2. The van der Waals surface area contributed by atoms with Crippen molar-refractivity contribution in [2.45, 2.75) is 39.2 Å². The Balaban J connectivity index is 1.91. The second-order valence-electron chi connectivity index (χ2n) is 6.15. The summed E-state index contributed by atoms with van der Waals surface area (Å²) in [6.07, 6.45) is 3.78. The van der Waals surface area contributed by atoms with Crippen molar-refractivity contribution in [2.75, 3.05) is 43.9 Å². The second kappa shape index (κ2) is 6.98. The summed E-state index contributed by atoms with van der Waals surface area (Å²) in [7, 11) is 4.18. The van der Waals surface area contributed by atoms with Gasteiger partial charge in [0.2, 0.25) is 0 Å². The lowest BCUT2D eigenvalue weighted by Gasteiger charge is -2.33. The smallest absolute Gasteiger partial charge is 0.0373 e. The quantitative estimate of drug-likeness (QED) is 0.889. The summed E-state index contributed by atoms with van der Waals surface area (Å²) in [4.78, 5) is 4.74. The normalized spacial score (nSPS) is 17.2. The van der Waals surface area contributed by atoms with E-state index >= 15 is 0 Å². The predicted molar refractivity (Wildman–Crippen MR) is 88.9 cm³/mol. The van der Waals surface area contributed by atoms with Crippen molar-refractivity contribution in [1.29, 1.82) is 0 Å². The monoisotopic (exact) mass is 275 g/mol. The summed E-state index contributed by atoms with van der Waals surface area (Å²) in [5.41, 5.74) is 3.91. The van der Waals surface area contributed by atoms with Gasteiger partial charge in [-0.3, -0.25) is 0 Å². The fourth-order valence-electron chi connectivity index (χ4n) is 2.93. The van der Waals surface area contributed by atoms with Crippen LogP contribution in [-0.4, -0.2) is 44.7 Å². The number of rotatable bonds is 5. The molecular weight excluding hydrogens is 246 g/mol. The molecule has 20 heavy (non-hydrogen) atoms. The third-order valence-electron chi connectivity index (χ3n) is 4.21. The molecule has 1 aromatic carbocycles. The molecule has 112 valence electrons. The SMILES string of the molecule is CCCN1CCC(Nc2ccc(N(C)C)cc2C)CC1.